The van der Waals surface area contributed by atoms with E-state index >= 15 is 0 Å². The van der Waals surface area contributed by atoms with Gasteiger partial charge in [0.2, 0.25) is 11.8 Å². The van der Waals surface area contributed by atoms with E-state index in [9.17, 15) is 19.5 Å². The van der Waals surface area contributed by atoms with Crippen LogP contribution in [0.5, 0.6) is 0 Å². The molecule has 7 nitrogen and oxygen atoms in total. The minimum atomic E-state index is -1.04. The molecule has 2 N–H and O–H groups in total. The Hall–Kier alpha value is -1.63. The summed E-state index contributed by atoms with van der Waals surface area (Å²) in [4.78, 5) is 38.2. The molecule has 1 aliphatic carbocycles. The fraction of sp³-hybridized carbons (Fsp3) is 0.786. The van der Waals surface area contributed by atoms with Crippen LogP contribution in [0.3, 0.4) is 0 Å². The summed E-state index contributed by atoms with van der Waals surface area (Å²) >= 11 is 0. The Labute approximate surface area is 123 Å². The Balaban J connectivity index is 1.97. The number of aliphatic carboxylic acids is 1. The van der Waals surface area contributed by atoms with Crippen molar-refractivity contribution < 1.29 is 24.6 Å². The molecule has 0 aromatic carbocycles. The first-order valence-corrected chi connectivity index (χ1v) is 7.39. The van der Waals surface area contributed by atoms with Gasteiger partial charge in [-0.1, -0.05) is 0 Å². The maximum atomic E-state index is 12.5. The van der Waals surface area contributed by atoms with Gasteiger partial charge in [-0.25, -0.2) is 0 Å². The second kappa shape index (κ2) is 6.43. The van der Waals surface area contributed by atoms with Crippen molar-refractivity contribution >= 4 is 17.8 Å². The van der Waals surface area contributed by atoms with E-state index in [1.807, 2.05) is 0 Å². The number of hydrogen-bond acceptors (Lipinski definition) is 4. The van der Waals surface area contributed by atoms with Crippen LogP contribution in [0.2, 0.25) is 0 Å². The highest BCUT2D eigenvalue weighted by Crippen LogP contribution is 2.27. The molecule has 118 valence electrons. The van der Waals surface area contributed by atoms with Gasteiger partial charge >= 0.3 is 5.97 Å². The fourth-order valence-corrected chi connectivity index (χ4v) is 3.11. The van der Waals surface area contributed by atoms with Crippen molar-refractivity contribution in [2.24, 2.45) is 5.92 Å². The van der Waals surface area contributed by atoms with E-state index in [1.54, 1.807) is 11.8 Å². The molecule has 1 saturated heterocycles. The van der Waals surface area contributed by atoms with E-state index in [0.717, 1.165) is 0 Å². The van der Waals surface area contributed by atoms with Crippen LogP contribution in [0.25, 0.3) is 0 Å². The molecule has 0 unspecified atom stereocenters. The lowest BCUT2D eigenvalue weighted by Crippen LogP contribution is -2.59. The van der Waals surface area contributed by atoms with Crippen molar-refractivity contribution in [1.29, 1.82) is 0 Å². The van der Waals surface area contributed by atoms with Crippen molar-refractivity contribution in [1.82, 2.24) is 9.80 Å². The first-order valence-electron chi connectivity index (χ1n) is 7.39. The van der Waals surface area contributed by atoms with Gasteiger partial charge in [-0.2, -0.15) is 0 Å². The molecular weight excluding hydrogens is 276 g/mol. The third-order valence-electron chi connectivity index (χ3n) is 4.40. The molecular formula is C14H22N2O5. The van der Waals surface area contributed by atoms with Crippen LogP contribution in [0.15, 0.2) is 0 Å². The molecule has 1 atom stereocenters. The molecule has 7 heteroatoms. The second-order valence-electron chi connectivity index (χ2n) is 5.87. The highest BCUT2D eigenvalue weighted by atomic mass is 16.4. The molecule has 2 fully saturated rings. The number of aliphatic hydroxyl groups is 1. The van der Waals surface area contributed by atoms with Crippen LogP contribution < -0.4 is 0 Å². The number of rotatable bonds is 3. The smallest absolute Gasteiger partial charge is 0.323 e. The number of amides is 2. The first kappa shape index (κ1) is 15.8. The number of carbonyl (C=O) groups is 3. The predicted molar refractivity (Wildman–Crippen MR) is 73.4 cm³/mol. The highest BCUT2D eigenvalue weighted by Gasteiger charge is 2.38. The molecule has 0 aromatic heterocycles. The Morgan fingerprint density at radius 3 is 2.38 bits per heavy atom. The van der Waals surface area contributed by atoms with Gasteiger partial charge in [0, 0.05) is 19.0 Å². The fourth-order valence-electron chi connectivity index (χ4n) is 3.11. The molecule has 1 saturated carbocycles. The van der Waals surface area contributed by atoms with Crippen LogP contribution in [0.4, 0.5) is 0 Å². The van der Waals surface area contributed by atoms with Gasteiger partial charge in [-0.15, -0.1) is 0 Å². The van der Waals surface area contributed by atoms with E-state index < -0.39 is 12.0 Å². The van der Waals surface area contributed by atoms with Gasteiger partial charge in [-0.05, 0) is 32.6 Å². The minimum Gasteiger partial charge on any atom is -0.480 e. The predicted octanol–water partition coefficient (Wildman–Crippen LogP) is -0.319. The highest BCUT2D eigenvalue weighted by molar-refractivity contribution is 5.91. The Bertz CT molecular complexity index is 431. The second-order valence-corrected chi connectivity index (χ2v) is 5.87. The number of carboxylic acids is 1. The normalized spacial score (nSPS) is 30.4. The monoisotopic (exact) mass is 298 g/mol. The quantitative estimate of drug-likeness (QED) is 0.744. The molecule has 2 aliphatic rings. The average Bonchev–Trinajstić information content (AvgIpc) is 2.44. The summed E-state index contributed by atoms with van der Waals surface area (Å²) in [5, 5.41) is 18.3. The van der Waals surface area contributed by atoms with Crippen molar-refractivity contribution in [3.8, 4) is 0 Å². The Morgan fingerprint density at radius 2 is 1.81 bits per heavy atom. The van der Waals surface area contributed by atoms with E-state index in [4.69, 9.17) is 5.11 Å². The zero-order valence-corrected chi connectivity index (χ0v) is 12.2. The molecule has 1 aliphatic heterocycles. The van der Waals surface area contributed by atoms with Crippen molar-refractivity contribution in [2.45, 2.75) is 44.8 Å². The Morgan fingerprint density at radius 1 is 1.19 bits per heavy atom. The summed E-state index contributed by atoms with van der Waals surface area (Å²) in [6.45, 7) is 1.96. The number of nitrogens with zero attached hydrogens (tertiary/aromatic N) is 2. The molecule has 2 amide bonds. The SMILES string of the molecule is C[C@H]1C(=O)N(CC(=O)O)CCN1C(=O)C1CCC(O)CC1. The molecule has 1 heterocycles. The van der Waals surface area contributed by atoms with E-state index in [2.05, 4.69) is 0 Å². The van der Waals surface area contributed by atoms with Crippen LogP contribution in [0.1, 0.15) is 32.6 Å². The number of hydrogen-bond donors (Lipinski definition) is 2. The topological polar surface area (TPSA) is 98.2 Å². The van der Waals surface area contributed by atoms with Crippen LogP contribution in [0, 0.1) is 5.92 Å². The summed E-state index contributed by atoms with van der Waals surface area (Å²) in [6.07, 6.45) is 2.22. The average molecular weight is 298 g/mol. The zero-order valence-electron chi connectivity index (χ0n) is 12.2. The summed E-state index contributed by atoms with van der Waals surface area (Å²) in [5.74, 6) is -1.53. The van der Waals surface area contributed by atoms with Crippen molar-refractivity contribution in [2.75, 3.05) is 19.6 Å². The first-order chi connectivity index (χ1) is 9.90. The van der Waals surface area contributed by atoms with Gasteiger partial charge in [-0.3, -0.25) is 14.4 Å². The maximum absolute atomic E-state index is 12.5. The van der Waals surface area contributed by atoms with E-state index in [-0.39, 0.29) is 36.9 Å². The number of carboxylic acid groups (broad SMARTS) is 1. The summed E-state index contributed by atoms with van der Waals surface area (Å²) in [5.41, 5.74) is 0. The van der Waals surface area contributed by atoms with E-state index in [0.29, 0.717) is 32.2 Å². The standard InChI is InChI=1S/C14H22N2O5/c1-9-13(20)15(8-12(18)19)6-7-16(9)14(21)10-2-4-11(17)5-3-10/h9-11,17H,2-8H2,1H3,(H,18,19)/t9-,10?,11?/m0/s1. The molecule has 0 radical (unpaired) electrons. The maximum Gasteiger partial charge on any atom is 0.323 e. The number of aliphatic hydroxyl groups excluding tert-OH is 1. The Kier molecular flexibility index (Phi) is 4.82. The lowest BCUT2D eigenvalue weighted by atomic mass is 9.86. The van der Waals surface area contributed by atoms with E-state index in [1.165, 1.54) is 4.90 Å². The largest absolute Gasteiger partial charge is 0.480 e. The van der Waals surface area contributed by atoms with Gasteiger partial charge in [0.1, 0.15) is 12.6 Å². The molecule has 21 heavy (non-hydrogen) atoms. The third-order valence-corrected chi connectivity index (χ3v) is 4.40. The summed E-state index contributed by atoms with van der Waals surface area (Å²) < 4.78 is 0. The minimum absolute atomic E-state index is 0.0438. The molecule has 0 aromatic rings. The number of carbonyl (C=O) groups excluding carboxylic acids is 2. The van der Waals surface area contributed by atoms with Crippen molar-refractivity contribution in [3.05, 3.63) is 0 Å². The van der Waals surface area contributed by atoms with Crippen LogP contribution in [-0.2, 0) is 14.4 Å². The van der Waals surface area contributed by atoms with Crippen LogP contribution in [-0.4, -0.2) is 69.6 Å². The molecule has 0 spiro atoms. The van der Waals surface area contributed by atoms with Crippen molar-refractivity contribution in [3.63, 3.8) is 0 Å². The summed E-state index contributed by atoms with van der Waals surface area (Å²) in [6, 6.07) is -0.613. The molecule has 0 bridgehead atoms. The van der Waals surface area contributed by atoms with Gasteiger partial charge in [0.25, 0.3) is 0 Å². The van der Waals surface area contributed by atoms with Gasteiger partial charge < -0.3 is 20.0 Å². The molecule has 2 rings (SSSR count). The lowest BCUT2D eigenvalue weighted by Gasteiger charge is -2.40. The van der Waals surface area contributed by atoms with Crippen LogP contribution >= 0.6 is 0 Å². The zero-order chi connectivity index (χ0) is 15.6. The summed E-state index contributed by atoms with van der Waals surface area (Å²) in [7, 11) is 0. The number of piperazine rings is 1. The third kappa shape index (κ3) is 3.53. The lowest BCUT2D eigenvalue weighted by molar-refractivity contribution is -0.156. The van der Waals surface area contributed by atoms with Gasteiger partial charge in [0.15, 0.2) is 0 Å². The van der Waals surface area contributed by atoms with Gasteiger partial charge in [0.05, 0.1) is 6.10 Å².